The third-order valence-electron chi connectivity index (χ3n) is 1.07. The van der Waals surface area contributed by atoms with Crippen molar-refractivity contribution in [3.8, 4) is 5.75 Å². The number of methoxy groups -OCH3 is 1. The van der Waals surface area contributed by atoms with E-state index in [0.29, 0.717) is 4.21 Å². The number of thiol groups is 1. The molecule has 0 saturated heterocycles. The molecule has 0 amide bonds. The molecule has 1 rings (SSSR count). The van der Waals surface area contributed by atoms with Crippen LogP contribution in [0.15, 0.2) is 10.3 Å². The van der Waals surface area contributed by atoms with E-state index in [1.165, 1.54) is 13.2 Å². The summed E-state index contributed by atoms with van der Waals surface area (Å²) in [6, 6.07) is 1.40. The highest BCUT2D eigenvalue weighted by Crippen LogP contribution is 2.30. The van der Waals surface area contributed by atoms with Gasteiger partial charge in [0.15, 0.2) is 4.88 Å². The van der Waals surface area contributed by atoms with Crippen LogP contribution in [0, 0.1) is 0 Å². The monoisotopic (exact) mass is 190 g/mol. The SMILES string of the molecule is COC(=O)c1sc(S)cc1O. The summed E-state index contributed by atoms with van der Waals surface area (Å²) in [5.41, 5.74) is 0. The van der Waals surface area contributed by atoms with Gasteiger partial charge in [-0.25, -0.2) is 4.79 Å². The summed E-state index contributed by atoms with van der Waals surface area (Å²) in [5.74, 6) is -0.611. The number of carbonyl (C=O) groups excluding carboxylic acids is 1. The molecule has 3 nitrogen and oxygen atoms in total. The summed E-state index contributed by atoms with van der Waals surface area (Å²) in [6.45, 7) is 0. The van der Waals surface area contributed by atoms with E-state index in [9.17, 15) is 4.79 Å². The molecular weight excluding hydrogens is 184 g/mol. The van der Waals surface area contributed by atoms with Crippen molar-refractivity contribution in [2.45, 2.75) is 4.21 Å². The van der Waals surface area contributed by atoms with Crippen molar-refractivity contribution < 1.29 is 14.6 Å². The molecule has 0 aliphatic heterocycles. The zero-order chi connectivity index (χ0) is 8.43. The summed E-state index contributed by atoms with van der Waals surface area (Å²) in [4.78, 5) is 11.0. The van der Waals surface area contributed by atoms with Crippen LogP contribution in [0.4, 0.5) is 0 Å². The zero-order valence-corrected chi connectivity index (χ0v) is 7.41. The van der Waals surface area contributed by atoms with E-state index in [1.807, 2.05) is 0 Å². The van der Waals surface area contributed by atoms with Gasteiger partial charge in [-0.05, 0) is 0 Å². The molecule has 1 aromatic heterocycles. The first kappa shape index (κ1) is 8.42. The molecule has 60 valence electrons. The second-order valence-corrected chi connectivity index (χ2v) is 3.63. The molecule has 0 saturated carbocycles. The fourth-order valence-electron chi connectivity index (χ4n) is 0.608. The van der Waals surface area contributed by atoms with E-state index in [4.69, 9.17) is 5.11 Å². The first-order chi connectivity index (χ1) is 5.15. The lowest BCUT2D eigenvalue weighted by Gasteiger charge is -1.93. The standard InChI is InChI=1S/C6H6O3S2/c1-9-6(8)5-3(7)2-4(10)11-5/h2,7,10H,1H3. The van der Waals surface area contributed by atoms with Gasteiger partial charge < -0.3 is 9.84 Å². The maximum atomic E-state index is 10.8. The molecule has 0 bridgehead atoms. The fraction of sp³-hybridized carbons (Fsp3) is 0.167. The molecule has 0 aliphatic rings. The van der Waals surface area contributed by atoms with Gasteiger partial charge in [-0.3, -0.25) is 0 Å². The Kier molecular flexibility index (Phi) is 2.41. The molecule has 11 heavy (non-hydrogen) atoms. The van der Waals surface area contributed by atoms with Crippen molar-refractivity contribution in [2.75, 3.05) is 7.11 Å². The number of hydrogen-bond acceptors (Lipinski definition) is 5. The van der Waals surface area contributed by atoms with Crippen molar-refractivity contribution in [3.63, 3.8) is 0 Å². The molecule has 0 atom stereocenters. The quantitative estimate of drug-likeness (QED) is 0.521. The van der Waals surface area contributed by atoms with Gasteiger partial charge in [0.1, 0.15) is 5.75 Å². The van der Waals surface area contributed by atoms with Gasteiger partial charge in [-0.2, -0.15) is 0 Å². The third-order valence-corrected chi connectivity index (χ3v) is 2.38. The van der Waals surface area contributed by atoms with E-state index in [-0.39, 0.29) is 10.6 Å². The lowest BCUT2D eigenvalue weighted by atomic mass is 10.4. The van der Waals surface area contributed by atoms with Crippen LogP contribution in [0.2, 0.25) is 0 Å². The minimum Gasteiger partial charge on any atom is -0.506 e. The Labute approximate surface area is 73.0 Å². The minimum atomic E-state index is -0.534. The highest BCUT2D eigenvalue weighted by atomic mass is 32.2. The van der Waals surface area contributed by atoms with Crippen molar-refractivity contribution in [2.24, 2.45) is 0 Å². The molecule has 1 aromatic rings. The number of ether oxygens (including phenoxy) is 1. The summed E-state index contributed by atoms with van der Waals surface area (Å²) < 4.78 is 4.99. The molecule has 1 heterocycles. The molecule has 0 radical (unpaired) electrons. The average molecular weight is 190 g/mol. The fourth-order valence-corrected chi connectivity index (χ4v) is 1.71. The maximum Gasteiger partial charge on any atom is 0.351 e. The summed E-state index contributed by atoms with van der Waals surface area (Å²) >= 11 is 5.05. The summed E-state index contributed by atoms with van der Waals surface area (Å²) in [5, 5.41) is 9.09. The first-order valence-electron chi connectivity index (χ1n) is 2.75. The average Bonchev–Trinajstić information content (AvgIpc) is 2.28. The van der Waals surface area contributed by atoms with Crippen molar-refractivity contribution in [1.29, 1.82) is 0 Å². The number of hydrogen-bond donors (Lipinski definition) is 2. The highest BCUT2D eigenvalue weighted by molar-refractivity contribution is 7.83. The van der Waals surface area contributed by atoms with E-state index in [0.717, 1.165) is 11.3 Å². The zero-order valence-electron chi connectivity index (χ0n) is 5.70. The third kappa shape index (κ3) is 1.66. The number of aromatic hydroxyl groups is 1. The van der Waals surface area contributed by atoms with Gasteiger partial charge in [0.2, 0.25) is 0 Å². The van der Waals surface area contributed by atoms with Crippen LogP contribution in [0.1, 0.15) is 9.67 Å². The highest BCUT2D eigenvalue weighted by Gasteiger charge is 2.14. The van der Waals surface area contributed by atoms with Crippen LogP contribution in [0.5, 0.6) is 5.75 Å². The van der Waals surface area contributed by atoms with Gasteiger partial charge in [-0.1, -0.05) is 0 Å². The van der Waals surface area contributed by atoms with Gasteiger partial charge in [0.05, 0.1) is 11.3 Å². The largest absolute Gasteiger partial charge is 0.506 e. The molecule has 5 heteroatoms. The van der Waals surface area contributed by atoms with Crippen molar-refractivity contribution >= 4 is 29.9 Å². The topological polar surface area (TPSA) is 46.5 Å². The second kappa shape index (κ2) is 3.15. The molecule has 0 fully saturated rings. The van der Waals surface area contributed by atoms with Crippen LogP contribution < -0.4 is 0 Å². The van der Waals surface area contributed by atoms with Gasteiger partial charge >= 0.3 is 5.97 Å². The maximum absolute atomic E-state index is 10.8. The van der Waals surface area contributed by atoms with Gasteiger partial charge in [0, 0.05) is 6.07 Å². The Bertz CT molecular complexity index is 279. The summed E-state index contributed by atoms with van der Waals surface area (Å²) in [6.07, 6.45) is 0. The number of rotatable bonds is 1. The van der Waals surface area contributed by atoms with Gasteiger partial charge in [0.25, 0.3) is 0 Å². The van der Waals surface area contributed by atoms with Crippen molar-refractivity contribution in [3.05, 3.63) is 10.9 Å². The number of thiophene rings is 1. The predicted molar refractivity (Wildman–Crippen MR) is 44.6 cm³/mol. The minimum absolute atomic E-state index is 0.0770. The van der Waals surface area contributed by atoms with E-state index < -0.39 is 5.97 Å². The van der Waals surface area contributed by atoms with Gasteiger partial charge in [-0.15, -0.1) is 24.0 Å². The lowest BCUT2D eigenvalue weighted by molar-refractivity contribution is 0.0603. The van der Waals surface area contributed by atoms with Crippen molar-refractivity contribution in [1.82, 2.24) is 0 Å². The molecule has 0 unspecified atom stereocenters. The Morgan fingerprint density at radius 1 is 1.82 bits per heavy atom. The Morgan fingerprint density at radius 2 is 2.45 bits per heavy atom. The normalized spacial score (nSPS) is 9.64. The summed E-state index contributed by atoms with van der Waals surface area (Å²) in [7, 11) is 1.26. The molecule has 1 N–H and O–H groups in total. The number of esters is 1. The smallest absolute Gasteiger partial charge is 0.351 e. The van der Waals surface area contributed by atoms with Crippen LogP contribution in [0.25, 0.3) is 0 Å². The Hall–Kier alpha value is -0.680. The molecule has 0 spiro atoms. The Morgan fingerprint density at radius 3 is 2.82 bits per heavy atom. The first-order valence-corrected chi connectivity index (χ1v) is 4.01. The van der Waals surface area contributed by atoms with Crippen LogP contribution >= 0.6 is 24.0 Å². The molecule has 0 aliphatic carbocycles. The molecule has 0 aromatic carbocycles. The van der Waals surface area contributed by atoms with Crippen LogP contribution in [0.3, 0.4) is 0 Å². The van der Waals surface area contributed by atoms with E-state index in [2.05, 4.69) is 17.4 Å². The number of carbonyl (C=O) groups is 1. The second-order valence-electron chi connectivity index (χ2n) is 1.79. The van der Waals surface area contributed by atoms with E-state index in [1.54, 1.807) is 0 Å². The van der Waals surface area contributed by atoms with E-state index >= 15 is 0 Å². The Balaban J connectivity index is 3.03. The van der Waals surface area contributed by atoms with Crippen LogP contribution in [-0.2, 0) is 4.74 Å². The predicted octanol–water partition coefficient (Wildman–Crippen LogP) is 1.53. The molecular formula is C6H6O3S2. The van der Waals surface area contributed by atoms with Crippen LogP contribution in [-0.4, -0.2) is 18.2 Å². The lowest BCUT2D eigenvalue weighted by Crippen LogP contribution is -1.97.